The molecule has 2 N–H and O–H groups in total. The van der Waals surface area contributed by atoms with Crippen molar-refractivity contribution >= 4 is 34.9 Å². The summed E-state index contributed by atoms with van der Waals surface area (Å²) in [6, 6.07) is 3.74. The number of amides is 1. The Balaban J connectivity index is 2.95. The summed E-state index contributed by atoms with van der Waals surface area (Å²) in [5, 5.41) is 21.4. The van der Waals surface area contributed by atoms with Crippen LogP contribution in [0.15, 0.2) is 29.8 Å². The van der Waals surface area contributed by atoms with E-state index in [1.807, 2.05) is 0 Å². The summed E-state index contributed by atoms with van der Waals surface area (Å²) < 4.78 is 0. The maximum Gasteiger partial charge on any atom is 0.328 e. The number of hydrogen-bond acceptors (Lipinski definition) is 4. The molecule has 19 heavy (non-hydrogen) atoms. The lowest BCUT2D eigenvalue weighted by molar-refractivity contribution is -0.384. The minimum absolute atomic E-state index is 0.0369. The molecule has 0 radical (unpaired) electrons. The fourth-order valence-corrected chi connectivity index (χ4v) is 1.40. The van der Waals surface area contributed by atoms with Crippen LogP contribution in [-0.2, 0) is 9.59 Å². The number of nitro benzene ring substituents is 1. The Morgan fingerprint density at radius 2 is 2.11 bits per heavy atom. The third-order valence-electron chi connectivity index (χ3n) is 2.10. The molecule has 8 heteroatoms. The molecule has 1 aromatic carbocycles. The van der Waals surface area contributed by atoms with E-state index in [0.29, 0.717) is 0 Å². The minimum atomic E-state index is -1.25. The molecule has 1 rings (SSSR count). The number of carbonyl (C=O) groups excluding carboxylic acids is 1. The first-order valence-electron chi connectivity index (χ1n) is 4.97. The Morgan fingerprint density at radius 1 is 1.47 bits per heavy atom. The SMILES string of the molecule is C/C(=C/C(=O)O)C(=O)Nc1ccc(Cl)c([N+](=O)[O-])c1. The molecule has 0 saturated carbocycles. The summed E-state index contributed by atoms with van der Waals surface area (Å²) in [4.78, 5) is 31.9. The number of rotatable bonds is 4. The van der Waals surface area contributed by atoms with E-state index in [2.05, 4.69) is 5.32 Å². The Morgan fingerprint density at radius 3 is 2.63 bits per heavy atom. The number of halogens is 1. The number of nitrogens with zero attached hydrogens (tertiary/aromatic N) is 1. The first-order valence-corrected chi connectivity index (χ1v) is 5.35. The van der Waals surface area contributed by atoms with Crippen molar-refractivity contribution in [3.63, 3.8) is 0 Å². The smallest absolute Gasteiger partial charge is 0.328 e. The molecule has 0 aromatic heterocycles. The van der Waals surface area contributed by atoms with Crippen molar-refractivity contribution in [1.82, 2.24) is 0 Å². The molecule has 0 aliphatic carbocycles. The zero-order valence-corrected chi connectivity index (χ0v) is 10.5. The number of carboxylic acids is 1. The summed E-state index contributed by atoms with van der Waals surface area (Å²) in [6.45, 7) is 1.31. The van der Waals surface area contributed by atoms with Gasteiger partial charge in [-0.15, -0.1) is 0 Å². The number of carboxylic acid groups (broad SMARTS) is 1. The van der Waals surface area contributed by atoms with Gasteiger partial charge in [-0.2, -0.15) is 0 Å². The van der Waals surface area contributed by atoms with Gasteiger partial charge in [-0.05, 0) is 19.1 Å². The lowest BCUT2D eigenvalue weighted by atomic mass is 10.2. The van der Waals surface area contributed by atoms with Crippen LogP contribution in [0.25, 0.3) is 0 Å². The zero-order chi connectivity index (χ0) is 14.6. The lowest BCUT2D eigenvalue weighted by Crippen LogP contribution is -2.13. The molecule has 0 spiro atoms. The third kappa shape index (κ3) is 4.07. The Bertz CT molecular complexity index is 582. The van der Waals surface area contributed by atoms with E-state index in [1.165, 1.54) is 19.1 Å². The van der Waals surface area contributed by atoms with Crippen LogP contribution in [-0.4, -0.2) is 21.9 Å². The molecule has 1 amide bonds. The van der Waals surface area contributed by atoms with Gasteiger partial charge in [0.05, 0.1) is 4.92 Å². The highest BCUT2D eigenvalue weighted by Crippen LogP contribution is 2.27. The molecule has 0 aliphatic heterocycles. The second-order valence-corrected chi connectivity index (χ2v) is 3.95. The average molecular weight is 285 g/mol. The van der Waals surface area contributed by atoms with Crippen molar-refractivity contribution in [1.29, 1.82) is 0 Å². The fraction of sp³-hybridized carbons (Fsp3) is 0.0909. The number of nitro groups is 1. The standard InChI is InChI=1S/C11H9ClN2O5/c1-6(4-10(15)16)11(17)13-7-2-3-8(12)9(5-7)14(18)19/h2-5H,1H3,(H,13,17)(H,15,16)/b6-4-. The van der Waals surface area contributed by atoms with Crippen LogP contribution in [0.3, 0.4) is 0 Å². The minimum Gasteiger partial charge on any atom is -0.478 e. The van der Waals surface area contributed by atoms with Crippen LogP contribution in [0.5, 0.6) is 0 Å². The van der Waals surface area contributed by atoms with Gasteiger partial charge in [-0.1, -0.05) is 11.6 Å². The van der Waals surface area contributed by atoms with Gasteiger partial charge in [0.25, 0.3) is 11.6 Å². The van der Waals surface area contributed by atoms with Gasteiger partial charge in [0.2, 0.25) is 0 Å². The van der Waals surface area contributed by atoms with Crippen molar-refractivity contribution in [2.45, 2.75) is 6.92 Å². The van der Waals surface area contributed by atoms with E-state index in [1.54, 1.807) is 0 Å². The molecule has 0 bridgehead atoms. The van der Waals surface area contributed by atoms with E-state index in [0.717, 1.165) is 12.1 Å². The highest BCUT2D eigenvalue weighted by Gasteiger charge is 2.14. The Labute approximate surface area is 112 Å². The fourth-order valence-electron chi connectivity index (χ4n) is 1.21. The molecular formula is C11H9ClN2O5. The predicted octanol–water partition coefficient (Wildman–Crippen LogP) is 2.22. The van der Waals surface area contributed by atoms with Crippen LogP contribution >= 0.6 is 11.6 Å². The zero-order valence-electron chi connectivity index (χ0n) is 9.71. The van der Waals surface area contributed by atoms with E-state index < -0.39 is 16.8 Å². The highest BCUT2D eigenvalue weighted by atomic mass is 35.5. The maximum absolute atomic E-state index is 11.6. The average Bonchev–Trinajstić information content (AvgIpc) is 2.30. The molecule has 0 aliphatic rings. The summed E-state index contributed by atoms with van der Waals surface area (Å²) in [6.07, 6.45) is 0.736. The Hall–Kier alpha value is -2.41. The summed E-state index contributed by atoms with van der Waals surface area (Å²) in [7, 11) is 0. The van der Waals surface area contributed by atoms with Crippen molar-refractivity contribution in [2.75, 3.05) is 5.32 Å². The van der Waals surface area contributed by atoms with E-state index >= 15 is 0 Å². The van der Waals surface area contributed by atoms with Gasteiger partial charge in [0, 0.05) is 23.4 Å². The monoisotopic (exact) mass is 284 g/mol. The first-order chi connectivity index (χ1) is 8.81. The number of carbonyl (C=O) groups is 2. The molecule has 7 nitrogen and oxygen atoms in total. The molecule has 0 heterocycles. The van der Waals surface area contributed by atoms with Crippen LogP contribution in [0.4, 0.5) is 11.4 Å². The van der Waals surface area contributed by atoms with Gasteiger partial charge in [-0.3, -0.25) is 14.9 Å². The lowest BCUT2D eigenvalue weighted by Gasteiger charge is -2.05. The van der Waals surface area contributed by atoms with Crippen molar-refractivity contribution in [3.05, 3.63) is 45.0 Å². The van der Waals surface area contributed by atoms with Crippen molar-refractivity contribution < 1.29 is 19.6 Å². The van der Waals surface area contributed by atoms with Crippen LogP contribution < -0.4 is 5.32 Å². The highest BCUT2D eigenvalue weighted by molar-refractivity contribution is 6.32. The van der Waals surface area contributed by atoms with Gasteiger partial charge < -0.3 is 10.4 Å². The van der Waals surface area contributed by atoms with Crippen molar-refractivity contribution in [3.8, 4) is 0 Å². The number of benzene rings is 1. The van der Waals surface area contributed by atoms with Crippen LogP contribution in [0, 0.1) is 10.1 Å². The van der Waals surface area contributed by atoms with Crippen LogP contribution in [0.2, 0.25) is 5.02 Å². The largest absolute Gasteiger partial charge is 0.478 e. The first kappa shape index (κ1) is 14.7. The number of aliphatic carboxylic acids is 1. The third-order valence-corrected chi connectivity index (χ3v) is 2.42. The topological polar surface area (TPSA) is 110 Å². The molecular weight excluding hydrogens is 276 g/mol. The van der Waals surface area contributed by atoms with E-state index in [-0.39, 0.29) is 22.0 Å². The number of nitrogens with one attached hydrogen (secondary N) is 1. The summed E-state index contributed by atoms with van der Waals surface area (Å²) >= 11 is 5.62. The van der Waals surface area contributed by atoms with E-state index in [9.17, 15) is 19.7 Å². The van der Waals surface area contributed by atoms with Gasteiger partial charge in [-0.25, -0.2) is 4.79 Å². The molecule has 0 atom stereocenters. The molecule has 0 fully saturated rings. The Kier molecular flexibility index (Phi) is 4.60. The van der Waals surface area contributed by atoms with Crippen LogP contribution in [0.1, 0.15) is 6.92 Å². The van der Waals surface area contributed by atoms with Gasteiger partial charge in [0.1, 0.15) is 5.02 Å². The quantitative estimate of drug-likeness (QED) is 0.500. The summed E-state index contributed by atoms with van der Waals surface area (Å²) in [5.74, 6) is -1.92. The van der Waals surface area contributed by atoms with Gasteiger partial charge >= 0.3 is 5.97 Å². The van der Waals surface area contributed by atoms with Gasteiger partial charge in [0.15, 0.2) is 0 Å². The molecule has 0 saturated heterocycles. The normalized spacial score (nSPS) is 10.9. The molecule has 0 unspecified atom stereocenters. The molecule has 1 aromatic rings. The number of anilines is 1. The summed E-state index contributed by atoms with van der Waals surface area (Å²) in [5.41, 5.74) is -0.233. The van der Waals surface area contributed by atoms with E-state index in [4.69, 9.17) is 16.7 Å². The second-order valence-electron chi connectivity index (χ2n) is 3.54. The predicted molar refractivity (Wildman–Crippen MR) is 68.1 cm³/mol. The second kappa shape index (κ2) is 5.96. The maximum atomic E-state index is 11.6. The molecule has 100 valence electrons. The number of hydrogen-bond donors (Lipinski definition) is 2. The van der Waals surface area contributed by atoms with Crippen molar-refractivity contribution in [2.24, 2.45) is 0 Å².